The van der Waals surface area contributed by atoms with Gasteiger partial charge in [0.15, 0.2) is 5.69 Å². The van der Waals surface area contributed by atoms with Gasteiger partial charge in [-0.05, 0) is 41.6 Å². The molecule has 3 aromatic heterocycles. The molecule has 4 amide bonds. The molecule has 0 saturated carbocycles. The summed E-state index contributed by atoms with van der Waals surface area (Å²) < 4.78 is 3.08. The Morgan fingerprint density at radius 3 is 2.00 bits per heavy atom. The molecule has 0 saturated heterocycles. The zero-order valence-electron chi connectivity index (χ0n) is 25.6. The molecule has 0 radical (unpaired) electrons. The van der Waals surface area contributed by atoms with Crippen molar-refractivity contribution in [3.8, 4) is 0 Å². The third-order valence-electron chi connectivity index (χ3n) is 6.82. The summed E-state index contributed by atoms with van der Waals surface area (Å²) in [6.45, 7) is 1.44. The van der Waals surface area contributed by atoms with Crippen molar-refractivity contribution in [1.82, 2.24) is 29.6 Å². The minimum absolute atomic E-state index is 0.0359. The number of benzene rings is 1. The minimum Gasteiger partial charge on any atom is -0.388 e. The Bertz CT molecular complexity index is 1760. The molecule has 0 spiro atoms. The molecule has 0 aliphatic carbocycles. The van der Waals surface area contributed by atoms with Crippen molar-refractivity contribution in [3.05, 3.63) is 77.6 Å². The molecular weight excluding hydrogens is 651 g/mol. The standard InChI is InChI=1S/C29H34Cl2N12O4/c1-40-16-20(13-23(40)28(46)34-10-7-25(32)33)36-29(47)24-14-19(15-41(24)2)35-27(45)22-17-43(39-37-22)38-26(44)18-3-5-21(6-4-18)42(11-8-30)12-9-31/h3-6,13-17H,7-12H2,1-2H3,(H3,32,33)(H,34,46)(H,35,45)(H,36,47)(H,38,44). The normalized spacial score (nSPS) is 10.7. The summed E-state index contributed by atoms with van der Waals surface area (Å²) in [6.07, 6.45) is 4.61. The third-order valence-corrected chi connectivity index (χ3v) is 7.15. The molecule has 7 N–H and O–H groups in total. The maximum atomic E-state index is 13.0. The van der Waals surface area contributed by atoms with Gasteiger partial charge in [-0.15, -0.1) is 28.3 Å². The van der Waals surface area contributed by atoms with Gasteiger partial charge in [0.25, 0.3) is 23.6 Å². The fourth-order valence-electron chi connectivity index (χ4n) is 4.50. The number of aryl methyl sites for hydroxylation is 2. The molecule has 16 nitrogen and oxygen atoms in total. The molecule has 0 bridgehead atoms. The molecule has 1 aromatic carbocycles. The van der Waals surface area contributed by atoms with Crippen LogP contribution in [0.25, 0.3) is 0 Å². The Morgan fingerprint density at radius 2 is 1.43 bits per heavy atom. The zero-order valence-corrected chi connectivity index (χ0v) is 27.1. The first kappa shape index (κ1) is 34.5. The molecule has 4 rings (SSSR count). The monoisotopic (exact) mass is 684 g/mol. The summed E-state index contributed by atoms with van der Waals surface area (Å²) in [5, 5.41) is 22.9. The number of halogens is 2. The number of amides is 4. The topological polar surface area (TPSA) is 210 Å². The van der Waals surface area contributed by atoms with Gasteiger partial charge in [-0.2, -0.15) is 4.79 Å². The Hall–Kier alpha value is -5.35. The molecule has 47 heavy (non-hydrogen) atoms. The number of nitrogens with zero attached hydrogens (tertiary/aromatic N) is 6. The molecule has 0 fully saturated rings. The molecule has 3 heterocycles. The fourth-order valence-corrected chi connectivity index (χ4v) is 4.91. The molecule has 0 atom stereocenters. The SMILES string of the molecule is Cn1cc(NC(=O)c2cc(NC(=O)c3cn(NC(=O)c4ccc(N(CCCl)CCCl)cc4)nn3)cn2C)cc1C(=O)NCCC(=N)N. The van der Waals surface area contributed by atoms with Gasteiger partial charge < -0.3 is 35.7 Å². The molecule has 0 aliphatic rings. The average Bonchev–Trinajstić information content (AvgIpc) is 3.75. The number of anilines is 3. The highest BCUT2D eigenvalue weighted by atomic mass is 35.5. The smallest absolute Gasteiger partial charge is 0.277 e. The van der Waals surface area contributed by atoms with E-state index in [1.807, 2.05) is 4.90 Å². The van der Waals surface area contributed by atoms with E-state index in [4.69, 9.17) is 34.3 Å². The second-order valence-corrected chi connectivity index (χ2v) is 11.0. The second kappa shape index (κ2) is 15.8. The van der Waals surface area contributed by atoms with E-state index in [2.05, 4.69) is 31.7 Å². The molecule has 18 heteroatoms. The molecule has 4 aromatic rings. The van der Waals surface area contributed by atoms with Crippen LogP contribution in [0.2, 0.25) is 0 Å². The van der Waals surface area contributed by atoms with Crippen LogP contribution < -0.4 is 32.0 Å². The highest BCUT2D eigenvalue weighted by molar-refractivity contribution is 6.18. The summed E-state index contributed by atoms with van der Waals surface area (Å²) in [4.78, 5) is 54.1. The van der Waals surface area contributed by atoms with Crippen molar-refractivity contribution >= 4 is 69.7 Å². The van der Waals surface area contributed by atoms with Gasteiger partial charge in [0, 0.05) is 75.6 Å². The van der Waals surface area contributed by atoms with Crippen LogP contribution in [0, 0.1) is 5.41 Å². The lowest BCUT2D eigenvalue weighted by atomic mass is 10.2. The highest BCUT2D eigenvalue weighted by Crippen LogP contribution is 2.19. The number of carbonyl (C=O) groups excluding carboxylic acids is 4. The first-order chi connectivity index (χ1) is 22.5. The summed E-state index contributed by atoms with van der Waals surface area (Å²) in [6, 6.07) is 9.88. The summed E-state index contributed by atoms with van der Waals surface area (Å²) in [7, 11) is 3.29. The van der Waals surface area contributed by atoms with Gasteiger partial charge >= 0.3 is 0 Å². The van der Waals surface area contributed by atoms with Gasteiger partial charge in [-0.3, -0.25) is 24.6 Å². The summed E-state index contributed by atoms with van der Waals surface area (Å²) in [5.41, 5.74) is 10.3. The number of nitrogens with two attached hydrogens (primary N) is 1. The van der Waals surface area contributed by atoms with Crippen molar-refractivity contribution < 1.29 is 19.2 Å². The number of rotatable bonds is 15. The molecule has 248 valence electrons. The lowest BCUT2D eigenvalue weighted by molar-refractivity contribution is 0.0944. The van der Waals surface area contributed by atoms with Gasteiger partial charge in [0.05, 0.1) is 23.4 Å². The van der Waals surface area contributed by atoms with Gasteiger partial charge in [0.1, 0.15) is 11.4 Å². The summed E-state index contributed by atoms with van der Waals surface area (Å²) in [5.74, 6) is -1.10. The average molecular weight is 686 g/mol. The van der Waals surface area contributed by atoms with Gasteiger partial charge in [0.2, 0.25) is 0 Å². The number of nitrogens with one attached hydrogen (secondary N) is 5. The Balaban J connectivity index is 1.33. The third kappa shape index (κ3) is 9.11. The lowest BCUT2D eigenvalue weighted by Crippen LogP contribution is -2.28. The molecule has 0 unspecified atom stereocenters. The maximum Gasteiger partial charge on any atom is 0.277 e. The molecular formula is C29H34Cl2N12O4. The zero-order chi connectivity index (χ0) is 34.1. The van der Waals surface area contributed by atoms with E-state index in [9.17, 15) is 19.2 Å². The van der Waals surface area contributed by atoms with Crippen LogP contribution in [0.5, 0.6) is 0 Å². The quantitative estimate of drug-likeness (QED) is 0.0619. The predicted octanol–water partition coefficient (Wildman–Crippen LogP) is 2.18. The number of alkyl halides is 2. The van der Waals surface area contributed by atoms with Gasteiger partial charge in [-0.25, -0.2) is 5.43 Å². The van der Waals surface area contributed by atoms with Crippen molar-refractivity contribution in [3.63, 3.8) is 0 Å². The minimum atomic E-state index is -0.616. The van der Waals surface area contributed by atoms with Crippen LogP contribution in [0.4, 0.5) is 17.1 Å². The van der Waals surface area contributed by atoms with E-state index in [1.54, 1.807) is 55.3 Å². The Labute approximate surface area is 279 Å². The van der Waals surface area contributed by atoms with E-state index in [-0.39, 0.29) is 36.1 Å². The van der Waals surface area contributed by atoms with E-state index >= 15 is 0 Å². The maximum absolute atomic E-state index is 13.0. The largest absolute Gasteiger partial charge is 0.388 e. The van der Waals surface area contributed by atoms with Crippen LogP contribution in [0.3, 0.4) is 0 Å². The van der Waals surface area contributed by atoms with Crippen LogP contribution in [-0.2, 0) is 14.1 Å². The van der Waals surface area contributed by atoms with E-state index in [0.717, 1.165) is 10.5 Å². The van der Waals surface area contributed by atoms with E-state index < -0.39 is 17.7 Å². The lowest BCUT2D eigenvalue weighted by Gasteiger charge is -2.22. The Morgan fingerprint density at radius 1 is 0.851 bits per heavy atom. The highest BCUT2D eigenvalue weighted by Gasteiger charge is 2.19. The molecule has 0 aliphatic heterocycles. The van der Waals surface area contributed by atoms with Crippen molar-refractivity contribution in [2.45, 2.75) is 6.42 Å². The van der Waals surface area contributed by atoms with E-state index in [1.165, 1.54) is 22.9 Å². The van der Waals surface area contributed by atoms with Crippen LogP contribution in [0.1, 0.15) is 48.2 Å². The van der Waals surface area contributed by atoms with Crippen LogP contribution in [-0.4, -0.2) is 85.1 Å². The fraction of sp³-hybridized carbons (Fsp3) is 0.276. The number of carbonyl (C=O) groups is 4. The number of amidine groups is 1. The number of aromatic nitrogens is 5. The van der Waals surface area contributed by atoms with Gasteiger partial charge in [-0.1, -0.05) is 0 Å². The van der Waals surface area contributed by atoms with Crippen molar-refractivity contribution in [1.29, 1.82) is 5.41 Å². The first-order valence-electron chi connectivity index (χ1n) is 14.3. The van der Waals surface area contributed by atoms with Crippen LogP contribution in [0.15, 0.2) is 55.0 Å². The van der Waals surface area contributed by atoms with Crippen molar-refractivity contribution in [2.75, 3.05) is 52.4 Å². The number of hydrogen-bond acceptors (Lipinski definition) is 8. The number of hydrogen-bond donors (Lipinski definition) is 6. The summed E-state index contributed by atoms with van der Waals surface area (Å²) >= 11 is 11.7. The van der Waals surface area contributed by atoms with E-state index in [0.29, 0.717) is 47.5 Å². The predicted molar refractivity (Wildman–Crippen MR) is 179 cm³/mol. The van der Waals surface area contributed by atoms with Crippen molar-refractivity contribution in [2.24, 2.45) is 19.8 Å². The van der Waals surface area contributed by atoms with Crippen LogP contribution >= 0.6 is 23.2 Å². The first-order valence-corrected chi connectivity index (χ1v) is 15.3. The second-order valence-electron chi connectivity index (χ2n) is 10.3. The Kier molecular flexibility index (Phi) is 11.6.